The Morgan fingerprint density at radius 3 is 2.79 bits per heavy atom. The number of amides is 4. The van der Waals surface area contributed by atoms with E-state index in [1.54, 1.807) is 4.90 Å². The summed E-state index contributed by atoms with van der Waals surface area (Å²) in [4.78, 5) is 63.8. The number of aromatic nitrogens is 1. The lowest BCUT2D eigenvalue weighted by atomic mass is 9.97. The molecular formula is C37H46N6O7S2. The van der Waals surface area contributed by atoms with Crippen LogP contribution in [0.4, 0.5) is 9.93 Å². The molecule has 0 spiro atoms. The van der Waals surface area contributed by atoms with Gasteiger partial charge >= 0.3 is 6.09 Å². The van der Waals surface area contributed by atoms with Gasteiger partial charge in [-0.3, -0.25) is 24.0 Å². The fourth-order valence-corrected chi connectivity index (χ4v) is 9.59. The molecular weight excluding hydrogens is 705 g/mol. The molecule has 3 aliphatic heterocycles. The number of benzene rings is 1. The number of hydrogen-bond donors (Lipinski definition) is 3. The number of ether oxygens (including phenoxy) is 1. The van der Waals surface area contributed by atoms with Crippen LogP contribution in [-0.4, -0.2) is 82.5 Å². The number of thiazole rings is 1. The number of carbonyl (C=O) groups excluding carboxylic acids is 4. The molecule has 13 nitrogen and oxygen atoms in total. The molecule has 6 bridgehead atoms. The molecule has 1 aromatic heterocycles. The topological polar surface area (TPSA) is 167 Å². The van der Waals surface area contributed by atoms with Crippen LogP contribution < -0.4 is 15.4 Å². The summed E-state index contributed by atoms with van der Waals surface area (Å²) in [5.74, 6) is -2.44. The summed E-state index contributed by atoms with van der Waals surface area (Å²) < 4.78 is 33.6. The molecule has 2 saturated carbocycles. The zero-order valence-corrected chi connectivity index (χ0v) is 31.1. The zero-order valence-electron chi connectivity index (χ0n) is 29.5. The molecule has 6 atom stereocenters. The van der Waals surface area contributed by atoms with Crippen LogP contribution in [0, 0.1) is 11.8 Å². The molecule has 4 amide bonds. The van der Waals surface area contributed by atoms with Gasteiger partial charge < -0.3 is 20.3 Å². The van der Waals surface area contributed by atoms with Gasteiger partial charge in [0.1, 0.15) is 23.7 Å². The minimum atomic E-state index is -3.88. The van der Waals surface area contributed by atoms with Crippen molar-refractivity contribution in [1.82, 2.24) is 24.8 Å². The second kappa shape index (κ2) is 14.3. The summed E-state index contributed by atoms with van der Waals surface area (Å²) in [5.41, 5.74) is 2.56. The first-order valence-electron chi connectivity index (χ1n) is 18.2. The first-order valence-corrected chi connectivity index (χ1v) is 20.6. The van der Waals surface area contributed by atoms with E-state index in [9.17, 15) is 27.6 Å². The van der Waals surface area contributed by atoms with Gasteiger partial charge in [-0.25, -0.2) is 18.2 Å². The van der Waals surface area contributed by atoms with E-state index < -0.39 is 62.8 Å². The molecule has 1 saturated heterocycles. The second-order valence-corrected chi connectivity index (χ2v) is 17.5. The molecule has 3 N–H and O–H groups in total. The maximum Gasteiger partial charge on any atom is 0.410 e. The Morgan fingerprint density at radius 2 is 2.06 bits per heavy atom. The number of nitrogens with one attached hydrogen (secondary N) is 3. The summed E-state index contributed by atoms with van der Waals surface area (Å²) in [6.45, 7) is 8.44. The highest BCUT2D eigenvalue weighted by atomic mass is 32.2. The second-order valence-electron chi connectivity index (χ2n) is 14.7. The maximum atomic E-state index is 14.6. The first-order chi connectivity index (χ1) is 24.9. The Balaban J connectivity index is 1.18. The number of carbonyl (C=O) groups is 4. The van der Waals surface area contributed by atoms with Crippen LogP contribution in [0.1, 0.15) is 81.2 Å². The molecule has 52 heavy (non-hydrogen) atoms. The normalized spacial score (nSPS) is 28.7. The lowest BCUT2D eigenvalue weighted by molar-refractivity contribution is -0.141. The largest absolute Gasteiger partial charge is 0.444 e. The van der Waals surface area contributed by atoms with E-state index in [0.717, 1.165) is 41.6 Å². The molecule has 1 aromatic carbocycles. The van der Waals surface area contributed by atoms with Gasteiger partial charge in [-0.2, -0.15) is 0 Å². The predicted molar refractivity (Wildman–Crippen MR) is 196 cm³/mol. The van der Waals surface area contributed by atoms with Crippen LogP contribution in [0.15, 0.2) is 42.3 Å². The van der Waals surface area contributed by atoms with Crippen molar-refractivity contribution in [3.63, 3.8) is 0 Å². The maximum absolute atomic E-state index is 14.6. The molecule has 4 heterocycles. The predicted octanol–water partition coefficient (Wildman–Crippen LogP) is 4.11. The number of fused-ring (bicyclic) bond motifs is 5. The van der Waals surface area contributed by atoms with Crippen LogP contribution >= 0.6 is 11.3 Å². The van der Waals surface area contributed by atoms with Gasteiger partial charge in [0.15, 0.2) is 5.13 Å². The lowest BCUT2D eigenvalue weighted by Crippen LogP contribution is -2.58. The third-order valence-corrected chi connectivity index (χ3v) is 13.7. The van der Waals surface area contributed by atoms with E-state index in [4.69, 9.17) is 9.72 Å². The van der Waals surface area contributed by atoms with E-state index >= 15 is 0 Å². The molecule has 278 valence electrons. The van der Waals surface area contributed by atoms with Crippen LogP contribution in [0.2, 0.25) is 0 Å². The monoisotopic (exact) mass is 750 g/mol. The Bertz CT molecular complexity index is 1910. The van der Waals surface area contributed by atoms with Gasteiger partial charge in [0.25, 0.3) is 5.91 Å². The Morgan fingerprint density at radius 1 is 1.25 bits per heavy atom. The van der Waals surface area contributed by atoms with Gasteiger partial charge in [-0.05, 0) is 61.1 Å². The number of rotatable bonds is 8. The molecule has 2 aliphatic carbocycles. The van der Waals surface area contributed by atoms with E-state index in [-0.39, 0.29) is 31.2 Å². The van der Waals surface area contributed by atoms with Crippen LogP contribution in [0.25, 0.3) is 6.08 Å². The van der Waals surface area contributed by atoms with E-state index in [1.165, 1.54) is 22.3 Å². The number of sulfonamides is 1. The molecule has 3 fully saturated rings. The van der Waals surface area contributed by atoms with Crippen molar-refractivity contribution >= 4 is 56.4 Å². The van der Waals surface area contributed by atoms with Crippen molar-refractivity contribution in [3.8, 4) is 0 Å². The number of hydrogen-bond acceptors (Lipinski definition) is 10. The average Bonchev–Trinajstić information content (AvgIpc) is 3.94. The van der Waals surface area contributed by atoms with Crippen molar-refractivity contribution in [2.75, 3.05) is 11.9 Å². The summed E-state index contributed by atoms with van der Waals surface area (Å²) >= 11 is 1.42. The lowest BCUT2D eigenvalue weighted by Gasteiger charge is -2.32. The number of aryl methyl sites for hydroxylation is 1. The van der Waals surface area contributed by atoms with Crippen LogP contribution in [0.3, 0.4) is 0 Å². The molecule has 0 radical (unpaired) electrons. The third kappa shape index (κ3) is 7.21. The Labute approximate surface area is 308 Å². The van der Waals surface area contributed by atoms with Crippen molar-refractivity contribution in [2.24, 2.45) is 11.8 Å². The molecule has 5 aliphatic rings. The average molecular weight is 751 g/mol. The summed E-state index contributed by atoms with van der Waals surface area (Å²) in [7, 11) is -3.88. The van der Waals surface area contributed by atoms with E-state index in [0.29, 0.717) is 37.5 Å². The fourth-order valence-electron chi connectivity index (χ4n) is 7.44. The van der Waals surface area contributed by atoms with Gasteiger partial charge in [0.05, 0.1) is 24.0 Å². The summed E-state index contributed by atoms with van der Waals surface area (Å²) in [6.07, 6.45) is 8.73. The van der Waals surface area contributed by atoms with Crippen molar-refractivity contribution in [1.29, 1.82) is 0 Å². The highest BCUT2D eigenvalue weighted by Crippen LogP contribution is 2.45. The van der Waals surface area contributed by atoms with Gasteiger partial charge in [0.2, 0.25) is 21.8 Å². The van der Waals surface area contributed by atoms with Crippen LogP contribution in [-0.2, 0) is 48.7 Å². The molecule has 0 unspecified atom stereocenters. The highest BCUT2D eigenvalue weighted by Gasteiger charge is 2.62. The van der Waals surface area contributed by atoms with Gasteiger partial charge in [0, 0.05) is 24.3 Å². The molecule has 2 aromatic rings. The Kier molecular flexibility index (Phi) is 9.93. The van der Waals surface area contributed by atoms with Crippen molar-refractivity contribution < 1.29 is 32.3 Å². The molecule has 7 rings (SSSR count). The number of allylic oxidation sites excluding steroid dienone is 1. The number of anilines is 1. The smallest absolute Gasteiger partial charge is 0.410 e. The minimum absolute atomic E-state index is 0.00352. The summed E-state index contributed by atoms with van der Waals surface area (Å²) in [5, 5.41) is 8.13. The third-order valence-electron chi connectivity index (χ3n) is 11.1. The number of nitrogens with zero attached hydrogens (tertiary/aromatic N) is 3. The molecule has 15 heteroatoms. The van der Waals surface area contributed by atoms with Crippen LogP contribution in [0.5, 0.6) is 0 Å². The van der Waals surface area contributed by atoms with Gasteiger partial charge in [-0.1, -0.05) is 56.7 Å². The van der Waals surface area contributed by atoms with Crippen molar-refractivity contribution in [2.45, 2.75) is 107 Å². The van der Waals surface area contributed by atoms with Gasteiger partial charge in [-0.15, -0.1) is 17.9 Å². The summed E-state index contributed by atoms with van der Waals surface area (Å²) in [6, 6.07) is 4.19. The van der Waals surface area contributed by atoms with E-state index in [1.807, 2.05) is 37.4 Å². The van der Waals surface area contributed by atoms with Crippen molar-refractivity contribution in [3.05, 3.63) is 64.7 Å². The van der Waals surface area contributed by atoms with E-state index in [2.05, 4.69) is 34.1 Å². The standard InChI is InChI=1S/C37H46N6O7S2/c1-4-22(3)31-33(45)43-19-27(16-30(43)32(44)40-37(17-25(37)5-2)34(46)41-52(48,49)28-14-15-28)50-36(47)42-18-24-12-9-11-23(29(24)20-42)10-7-6-8-13-26-21-51-35(38-26)39-31/h5,7,9-12,21-22,25,27-28,30-31H,2,4,6,8,13-20H2,1,3H3,(H,38,39)(H,40,44)(H,41,46)/b10-7-/t22-,25+,27+,30-,31-,37+/m0/s1. The quantitative estimate of drug-likeness (QED) is 0.337. The Hall–Kier alpha value is -4.24. The minimum Gasteiger partial charge on any atom is -0.444 e. The highest BCUT2D eigenvalue weighted by molar-refractivity contribution is 7.91. The zero-order chi connectivity index (χ0) is 36.8. The SMILES string of the molecule is C=C[C@@H]1C[C@]1(NC(=O)[C@@H]1C[C@@H]2CN1C(=O)[C@H]([C@@H](C)CC)Nc1nc(cs1)CCC/C=C\c1cccc3c1CN(C3)C(=O)O2)C(=O)NS(=O)(=O)C1CC1. The first kappa shape index (κ1) is 36.1. The fraction of sp³-hybridized carbons (Fsp3) is 0.541.